The second kappa shape index (κ2) is 12.7. The Hall–Kier alpha value is -3.66. The third-order valence-electron chi connectivity index (χ3n) is 7.02. The van der Waals surface area contributed by atoms with E-state index in [9.17, 15) is 24.3 Å². The number of carbonyl (C=O) groups is 4. The molecule has 1 aliphatic rings. The largest absolute Gasteiger partial charge is 0.480 e. The summed E-state index contributed by atoms with van der Waals surface area (Å²) in [5.74, 6) is -2.00. The lowest BCUT2D eigenvalue weighted by Crippen LogP contribution is -2.55. The van der Waals surface area contributed by atoms with Crippen molar-refractivity contribution in [3.05, 3.63) is 52.7 Å². The minimum atomic E-state index is -1.30. The Balaban J connectivity index is 1.69. The molecule has 0 radical (unpaired) electrons. The van der Waals surface area contributed by atoms with Gasteiger partial charge in [-0.05, 0) is 55.5 Å². The SMILES string of the molecule is CCC(CC)(C(=O)N[C@@H](Cc1ccc(NC(=O)c2nc(NC)ccc2Cl)cc1)C(=O)O)C(=O)N1CCCC1. The van der Waals surface area contributed by atoms with Crippen LogP contribution in [0.4, 0.5) is 11.5 Å². The summed E-state index contributed by atoms with van der Waals surface area (Å²) < 4.78 is 0. The van der Waals surface area contributed by atoms with E-state index in [4.69, 9.17) is 11.6 Å². The first-order valence-corrected chi connectivity index (χ1v) is 13.1. The van der Waals surface area contributed by atoms with Crippen molar-refractivity contribution in [3.8, 4) is 0 Å². The van der Waals surface area contributed by atoms with Gasteiger partial charge < -0.3 is 26.0 Å². The fourth-order valence-corrected chi connectivity index (χ4v) is 4.77. The van der Waals surface area contributed by atoms with Gasteiger partial charge in [0, 0.05) is 32.2 Å². The van der Waals surface area contributed by atoms with Crippen molar-refractivity contribution >= 4 is 46.8 Å². The number of halogens is 1. The van der Waals surface area contributed by atoms with E-state index in [2.05, 4.69) is 20.9 Å². The van der Waals surface area contributed by atoms with Crippen LogP contribution in [0.15, 0.2) is 36.4 Å². The molecule has 2 aromatic rings. The summed E-state index contributed by atoms with van der Waals surface area (Å²) in [5, 5.41) is 18.2. The monoisotopic (exact) mass is 543 g/mol. The van der Waals surface area contributed by atoms with Gasteiger partial charge in [-0.25, -0.2) is 9.78 Å². The molecule has 4 N–H and O–H groups in total. The van der Waals surface area contributed by atoms with Crippen LogP contribution in [0.5, 0.6) is 0 Å². The number of carboxylic acid groups (broad SMARTS) is 1. The number of nitrogens with one attached hydrogen (secondary N) is 3. The lowest BCUT2D eigenvalue weighted by atomic mass is 9.79. The van der Waals surface area contributed by atoms with Crippen molar-refractivity contribution in [2.45, 2.75) is 52.0 Å². The summed E-state index contributed by atoms with van der Waals surface area (Å²) >= 11 is 6.11. The third kappa shape index (κ3) is 6.42. The van der Waals surface area contributed by atoms with Crippen molar-refractivity contribution in [1.29, 1.82) is 0 Å². The van der Waals surface area contributed by atoms with Gasteiger partial charge >= 0.3 is 5.97 Å². The minimum Gasteiger partial charge on any atom is -0.480 e. The molecule has 38 heavy (non-hydrogen) atoms. The van der Waals surface area contributed by atoms with Crippen LogP contribution < -0.4 is 16.0 Å². The van der Waals surface area contributed by atoms with Crippen molar-refractivity contribution in [1.82, 2.24) is 15.2 Å². The standard InChI is InChI=1S/C27H34ClN5O5/c1-4-27(5-2,26(38)33-14-6-7-15-33)25(37)31-20(24(35)36)16-17-8-10-18(11-9-17)30-23(34)22-19(28)12-13-21(29-3)32-22/h8-13,20H,4-7,14-16H2,1-3H3,(H,29,32)(H,30,34)(H,31,37)(H,35,36)/t20-/m0/s1. The van der Waals surface area contributed by atoms with E-state index in [0.29, 0.717) is 30.2 Å². The fraction of sp³-hybridized carbons (Fsp3) is 0.444. The molecule has 3 amide bonds. The summed E-state index contributed by atoms with van der Waals surface area (Å²) in [7, 11) is 1.68. The maximum atomic E-state index is 13.3. The first-order chi connectivity index (χ1) is 18.1. The first kappa shape index (κ1) is 28.9. The molecule has 11 heteroatoms. The minimum absolute atomic E-state index is 0.00825. The number of carboxylic acids is 1. The zero-order valence-electron chi connectivity index (χ0n) is 21.8. The molecule has 3 rings (SSSR count). The quantitative estimate of drug-likeness (QED) is 0.317. The van der Waals surface area contributed by atoms with Crippen LogP contribution in [0, 0.1) is 5.41 Å². The number of rotatable bonds is 11. The number of hydrogen-bond acceptors (Lipinski definition) is 6. The maximum Gasteiger partial charge on any atom is 0.326 e. The predicted molar refractivity (Wildman–Crippen MR) is 145 cm³/mol. The average molecular weight is 544 g/mol. The molecular weight excluding hydrogens is 510 g/mol. The molecule has 2 heterocycles. The van der Waals surface area contributed by atoms with Crippen LogP contribution in [-0.4, -0.2) is 64.9 Å². The Morgan fingerprint density at radius 1 is 1.05 bits per heavy atom. The molecule has 204 valence electrons. The average Bonchev–Trinajstić information content (AvgIpc) is 3.45. The molecule has 0 bridgehead atoms. The third-order valence-corrected chi connectivity index (χ3v) is 7.32. The molecule has 0 spiro atoms. The second-order valence-corrected chi connectivity index (χ2v) is 9.69. The number of likely N-dealkylation sites (tertiary alicyclic amines) is 1. The van der Waals surface area contributed by atoms with Gasteiger partial charge in [-0.2, -0.15) is 0 Å². The Bertz CT molecular complexity index is 1180. The highest BCUT2D eigenvalue weighted by Gasteiger charge is 2.46. The molecule has 1 fully saturated rings. The smallest absolute Gasteiger partial charge is 0.326 e. The molecule has 0 aliphatic carbocycles. The van der Waals surface area contributed by atoms with Crippen molar-refractivity contribution in [2.75, 3.05) is 30.8 Å². The number of pyridine rings is 1. The van der Waals surface area contributed by atoms with Crippen LogP contribution >= 0.6 is 11.6 Å². The van der Waals surface area contributed by atoms with Crippen LogP contribution in [0.2, 0.25) is 5.02 Å². The Morgan fingerprint density at radius 3 is 2.24 bits per heavy atom. The molecule has 0 unspecified atom stereocenters. The van der Waals surface area contributed by atoms with E-state index in [1.807, 2.05) is 0 Å². The summed E-state index contributed by atoms with van der Waals surface area (Å²) in [6.45, 7) is 4.78. The molecule has 1 aromatic carbocycles. The molecular formula is C27H34ClN5O5. The summed E-state index contributed by atoms with van der Waals surface area (Å²) in [4.78, 5) is 57.1. The van der Waals surface area contributed by atoms with Gasteiger partial charge in [0.05, 0.1) is 5.02 Å². The molecule has 1 saturated heterocycles. The van der Waals surface area contributed by atoms with Crippen LogP contribution in [0.1, 0.15) is 55.6 Å². The number of nitrogens with zero attached hydrogens (tertiary/aromatic N) is 2. The lowest BCUT2D eigenvalue weighted by molar-refractivity contribution is -0.153. The van der Waals surface area contributed by atoms with E-state index in [0.717, 1.165) is 12.8 Å². The van der Waals surface area contributed by atoms with Crippen LogP contribution in [0.3, 0.4) is 0 Å². The number of hydrogen-bond donors (Lipinski definition) is 4. The van der Waals surface area contributed by atoms with Gasteiger partial charge in [0.1, 0.15) is 23.0 Å². The van der Waals surface area contributed by atoms with Crippen LogP contribution in [-0.2, 0) is 20.8 Å². The number of anilines is 2. The molecule has 0 saturated carbocycles. The normalized spacial score (nSPS) is 14.1. The topological polar surface area (TPSA) is 141 Å². The highest BCUT2D eigenvalue weighted by atomic mass is 35.5. The fourth-order valence-electron chi connectivity index (χ4n) is 4.58. The van der Waals surface area contributed by atoms with E-state index in [1.54, 1.807) is 62.2 Å². The van der Waals surface area contributed by atoms with Gasteiger partial charge in [-0.3, -0.25) is 14.4 Å². The number of carbonyl (C=O) groups excluding carboxylic acids is 3. The van der Waals surface area contributed by atoms with E-state index >= 15 is 0 Å². The van der Waals surface area contributed by atoms with Gasteiger partial charge in [0.2, 0.25) is 11.8 Å². The van der Waals surface area contributed by atoms with Gasteiger partial charge in [0.25, 0.3) is 5.91 Å². The maximum absolute atomic E-state index is 13.3. The number of aromatic nitrogens is 1. The highest BCUT2D eigenvalue weighted by molar-refractivity contribution is 6.34. The Morgan fingerprint density at radius 2 is 1.68 bits per heavy atom. The van der Waals surface area contributed by atoms with Crippen molar-refractivity contribution in [3.63, 3.8) is 0 Å². The number of aliphatic carboxylic acids is 1. The van der Waals surface area contributed by atoms with E-state index in [-0.39, 0.29) is 35.9 Å². The highest BCUT2D eigenvalue weighted by Crippen LogP contribution is 2.31. The lowest BCUT2D eigenvalue weighted by Gasteiger charge is -2.34. The van der Waals surface area contributed by atoms with Gasteiger partial charge in [-0.15, -0.1) is 0 Å². The molecule has 1 atom stereocenters. The van der Waals surface area contributed by atoms with Gasteiger partial charge in [0.15, 0.2) is 0 Å². The summed E-state index contributed by atoms with van der Waals surface area (Å²) in [6, 6.07) is 8.59. The van der Waals surface area contributed by atoms with E-state index < -0.39 is 29.2 Å². The molecule has 10 nitrogen and oxygen atoms in total. The van der Waals surface area contributed by atoms with Crippen molar-refractivity contribution in [2.24, 2.45) is 5.41 Å². The summed E-state index contributed by atoms with van der Waals surface area (Å²) in [6.07, 6.45) is 2.37. The molecule has 1 aliphatic heterocycles. The second-order valence-electron chi connectivity index (χ2n) is 9.28. The first-order valence-electron chi connectivity index (χ1n) is 12.7. The Labute approximate surface area is 227 Å². The predicted octanol–water partition coefficient (Wildman–Crippen LogP) is 3.57. The molecule has 1 aromatic heterocycles. The zero-order valence-corrected chi connectivity index (χ0v) is 22.6. The van der Waals surface area contributed by atoms with Crippen molar-refractivity contribution < 1.29 is 24.3 Å². The van der Waals surface area contributed by atoms with Crippen LogP contribution in [0.25, 0.3) is 0 Å². The van der Waals surface area contributed by atoms with Gasteiger partial charge in [-0.1, -0.05) is 37.6 Å². The van der Waals surface area contributed by atoms with E-state index in [1.165, 1.54) is 0 Å². The number of benzene rings is 1. The summed E-state index contributed by atoms with van der Waals surface area (Å²) in [5.41, 5.74) is -0.135. The zero-order chi connectivity index (χ0) is 27.9. The Kier molecular flexibility index (Phi) is 9.68. The number of amides is 3.